The summed E-state index contributed by atoms with van der Waals surface area (Å²) in [6.07, 6.45) is 4.63. The van der Waals surface area contributed by atoms with Crippen LogP contribution in [0, 0.1) is 12.8 Å². The van der Waals surface area contributed by atoms with E-state index in [0.717, 1.165) is 81.7 Å². The van der Waals surface area contributed by atoms with Crippen molar-refractivity contribution in [2.45, 2.75) is 32.7 Å². The van der Waals surface area contributed by atoms with Crippen molar-refractivity contribution < 1.29 is 9.15 Å². The Bertz CT molecular complexity index is 948. The molecule has 1 saturated heterocycles. The lowest BCUT2D eigenvalue weighted by Gasteiger charge is -2.14. The van der Waals surface area contributed by atoms with Gasteiger partial charge in [-0.05, 0) is 44.0 Å². The van der Waals surface area contributed by atoms with Crippen molar-refractivity contribution in [1.29, 1.82) is 0 Å². The van der Waals surface area contributed by atoms with E-state index < -0.39 is 0 Å². The lowest BCUT2D eigenvalue weighted by molar-refractivity contribution is 0.187. The molecule has 31 heavy (non-hydrogen) atoms. The maximum absolute atomic E-state index is 5.47. The second-order valence-corrected chi connectivity index (χ2v) is 7.75. The van der Waals surface area contributed by atoms with Crippen molar-refractivity contribution in [3.05, 3.63) is 54.2 Å². The highest BCUT2D eigenvalue weighted by Gasteiger charge is 2.15. The smallest absolute Gasteiger partial charge is 0.191 e. The Balaban J connectivity index is 0.00000272. The number of nitrogens with one attached hydrogen (secondary N) is 2. The SMILES string of the molecule is Cc1nc2ccccc2n1CCCNC(=NCC1CCOC1)NCCc1ccco1.I. The van der Waals surface area contributed by atoms with Crippen LogP contribution in [-0.2, 0) is 17.7 Å². The fraction of sp³-hybridized carbons (Fsp3) is 0.478. The van der Waals surface area contributed by atoms with E-state index in [9.17, 15) is 0 Å². The summed E-state index contributed by atoms with van der Waals surface area (Å²) >= 11 is 0. The maximum atomic E-state index is 5.47. The third kappa shape index (κ3) is 6.70. The van der Waals surface area contributed by atoms with Crippen LogP contribution >= 0.6 is 24.0 Å². The standard InChI is InChI=1S/C23H31N5O2.HI/c1-18-27-21-7-2-3-8-22(21)28(18)13-5-11-24-23(26-16-19-10-15-29-17-19)25-12-9-20-6-4-14-30-20;/h2-4,6-8,14,19H,5,9-13,15-17H2,1H3,(H2,24,25,26);1H. The van der Waals surface area contributed by atoms with E-state index in [-0.39, 0.29) is 24.0 Å². The molecular weight excluding hydrogens is 505 g/mol. The summed E-state index contributed by atoms with van der Waals surface area (Å²) in [4.78, 5) is 9.44. The Kier molecular flexibility index (Phi) is 9.20. The number of rotatable bonds is 9. The molecule has 1 atom stereocenters. The molecule has 3 aromatic rings. The average Bonchev–Trinajstić information content (AvgIpc) is 3.51. The number of nitrogens with zero attached hydrogens (tertiary/aromatic N) is 3. The number of hydrogen-bond acceptors (Lipinski definition) is 4. The molecule has 1 unspecified atom stereocenters. The number of para-hydroxylation sites is 2. The monoisotopic (exact) mass is 537 g/mol. The lowest BCUT2D eigenvalue weighted by Crippen LogP contribution is -2.39. The second kappa shape index (κ2) is 12.1. The van der Waals surface area contributed by atoms with Gasteiger partial charge in [-0.3, -0.25) is 4.99 Å². The molecule has 1 aliphatic rings. The number of hydrogen-bond donors (Lipinski definition) is 2. The van der Waals surface area contributed by atoms with Crippen LogP contribution < -0.4 is 10.6 Å². The Morgan fingerprint density at radius 1 is 1.19 bits per heavy atom. The minimum absolute atomic E-state index is 0. The highest BCUT2D eigenvalue weighted by molar-refractivity contribution is 14.0. The molecule has 1 fully saturated rings. The van der Waals surface area contributed by atoms with E-state index in [2.05, 4.69) is 45.3 Å². The Labute approximate surface area is 200 Å². The van der Waals surface area contributed by atoms with E-state index in [1.807, 2.05) is 18.2 Å². The molecule has 2 aromatic heterocycles. The van der Waals surface area contributed by atoms with E-state index in [1.54, 1.807) is 6.26 Å². The minimum atomic E-state index is 0. The first-order valence-electron chi connectivity index (χ1n) is 10.8. The molecule has 0 radical (unpaired) electrons. The predicted octanol–water partition coefficient (Wildman–Crippen LogP) is 3.76. The zero-order chi connectivity index (χ0) is 20.6. The molecule has 1 aliphatic heterocycles. The Morgan fingerprint density at radius 2 is 2.06 bits per heavy atom. The first-order chi connectivity index (χ1) is 14.8. The van der Waals surface area contributed by atoms with Gasteiger partial charge in [-0.1, -0.05) is 12.1 Å². The number of aliphatic imine (C=N–C) groups is 1. The zero-order valence-corrected chi connectivity index (χ0v) is 20.4. The Hall–Kier alpha value is -2.07. The summed E-state index contributed by atoms with van der Waals surface area (Å²) in [5, 5.41) is 6.92. The minimum Gasteiger partial charge on any atom is -0.469 e. The Morgan fingerprint density at radius 3 is 2.87 bits per heavy atom. The van der Waals surface area contributed by atoms with Gasteiger partial charge in [0.2, 0.25) is 0 Å². The van der Waals surface area contributed by atoms with Gasteiger partial charge in [0.25, 0.3) is 0 Å². The van der Waals surface area contributed by atoms with Gasteiger partial charge in [0.15, 0.2) is 5.96 Å². The number of aromatic nitrogens is 2. The number of fused-ring (bicyclic) bond motifs is 1. The lowest BCUT2D eigenvalue weighted by atomic mass is 10.1. The van der Waals surface area contributed by atoms with E-state index in [0.29, 0.717) is 5.92 Å². The van der Waals surface area contributed by atoms with Gasteiger partial charge >= 0.3 is 0 Å². The van der Waals surface area contributed by atoms with Gasteiger partial charge in [-0.15, -0.1) is 24.0 Å². The fourth-order valence-electron chi connectivity index (χ4n) is 3.80. The molecule has 0 saturated carbocycles. The van der Waals surface area contributed by atoms with E-state index in [1.165, 1.54) is 5.52 Å². The third-order valence-electron chi connectivity index (χ3n) is 5.47. The predicted molar refractivity (Wildman–Crippen MR) is 134 cm³/mol. The molecule has 0 spiro atoms. The molecule has 2 N–H and O–H groups in total. The van der Waals surface area contributed by atoms with E-state index in [4.69, 9.17) is 14.1 Å². The van der Waals surface area contributed by atoms with Crippen molar-refractivity contribution in [2.75, 3.05) is 32.8 Å². The van der Waals surface area contributed by atoms with Crippen molar-refractivity contribution in [3.8, 4) is 0 Å². The van der Waals surface area contributed by atoms with Crippen LogP contribution in [0.5, 0.6) is 0 Å². The summed E-state index contributed by atoms with van der Waals surface area (Å²) in [6.45, 7) is 7.09. The number of aryl methyl sites for hydroxylation is 2. The average molecular weight is 537 g/mol. The molecule has 0 bridgehead atoms. The van der Waals surface area contributed by atoms with Crippen molar-refractivity contribution in [3.63, 3.8) is 0 Å². The van der Waals surface area contributed by atoms with Crippen LogP contribution in [0.2, 0.25) is 0 Å². The first-order valence-corrected chi connectivity index (χ1v) is 10.8. The van der Waals surface area contributed by atoms with Crippen molar-refractivity contribution in [1.82, 2.24) is 20.2 Å². The maximum Gasteiger partial charge on any atom is 0.191 e. The molecule has 4 rings (SSSR count). The summed E-state index contributed by atoms with van der Waals surface area (Å²) < 4.78 is 13.2. The van der Waals surface area contributed by atoms with Crippen LogP contribution in [0.25, 0.3) is 11.0 Å². The number of imidazole rings is 1. The van der Waals surface area contributed by atoms with Gasteiger partial charge < -0.3 is 24.4 Å². The number of furan rings is 1. The summed E-state index contributed by atoms with van der Waals surface area (Å²) in [6, 6.07) is 12.2. The van der Waals surface area contributed by atoms with Crippen LogP contribution in [0.15, 0.2) is 52.1 Å². The molecule has 3 heterocycles. The highest BCUT2D eigenvalue weighted by Crippen LogP contribution is 2.15. The number of halogens is 1. The van der Waals surface area contributed by atoms with Gasteiger partial charge in [-0.25, -0.2) is 4.98 Å². The van der Waals surface area contributed by atoms with Crippen LogP contribution in [0.4, 0.5) is 0 Å². The summed E-state index contributed by atoms with van der Waals surface area (Å²) in [7, 11) is 0. The fourth-order valence-corrected chi connectivity index (χ4v) is 3.80. The van der Waals surface area contributed by atoms with Crippen LogP contribution in [0.1, 0.15) is 24.4 Å². The van der Waals surface area contributed by atoms with Gasteiger partial charge in [0.05, 0.1) is 23.9 Å². The first kappa shape index (κ1) is 23.6. The van der Waals surface area contributed by atoms with Crippen molar-refractivity contribution in [2.24, 2.45) is 10.9 Å². The normalized spacial score (nSPS) is 16.4. The van der Waals surface area contributed by atoms with E-state index >= 15 is 0 Å². The molecular formula is C23H32IN5O2. The summed E-state index contributed by atoms with van der Waals surface area (Å²) in [5.74, 6) is 3.42. The molecule has 7 nitrogen and oxygen atoms in total. The largest absolute Gasteiger partial charge is 0.469 e. The van der Waals surface area contributed by atoms with Crippen LogP contribution in [-0.4, -0.2) is 48.4 Å². The van der Waals surface area contributed by atoms with Gasteiger partial charge in [0, 0.05) is 45.1 Å². The molecule has 0 amide bonds. The second-order valence-electron chi connectivity index (χ2n) is 7.75. The molecule has 168 valence electrons. The quantitative estimate of drug-likeness (QED) is 0.188. The third-order valence-corrected chi connectivity index (χ3v) is 5.47. The van der Waals surface area contributed by atoms with Crippen LogP contribution in [0.3, 0.4) is 0 Å². The molecule has 0 aliphatic carbocycles. The molecule has 8 heteroatoms. The van der Waals surface area contributed by atoms with Gasteiger partial charge in [0.1, 0.15) is 11.6 Å². The van der Waals surface area contributed by atoms with Gasteiger partial charge in [-0.2, -0.15) is 0 Å². The number of benzene rings is 1. The number of ether oxygens (including phenoxy) is 1. The number of guanidine groups is 1. The highest BCUT2D eigenvalue weighted by atomic mass is 127. The van der Waals surface area contributed by atoms with Crippen molar-refractivity contribution >= 4 is 41.0 Å². The molecule has 1 aromatic carbocycles. The zero-order valence-electron chi connectivity index (χ0n) is 18.0. The topological polar surface area (TPSA) is 76.6 Å². The summed E-state index contributed by atoms with van der Waals surface area (Å²) in [5.41, 5.74) is 2.25.